The molecule has 0 atom stereocenters. The summed E-state index contributed by atoms with van der Waals surface area (Å²) in [5, 5.41) is 0. The molecule has 1 aromatic carbocycles. The van der Waals surface area contributed by atoms with E-state index >= 15 is 0 Å². The molecule has 0 fully saturated rings. The molecule has 5 nitrogen and oxygen atoms in total. The summed E-state index contributed by atoms with van der Waals surface area (Å²) in [5.74, 6) is 0.0838. The molecule has 0 saturated heterocycles. The van der Waals surface area contributed by atoms with Crippen LogP contribution in [0.1, 0.15) is 6.42 Å². The van der Waals surface area contributed by atoms with Crippen LogP contribution in [0.25, 0.3) is 0 Å². The van der Waals surface area contributed by atoms with Crippen molar-refractivity contribution in [3.05, 3.63) is 28.7 Å². The highest BCUT2D eigenvalue weighted by Crippen LogP contribution is 2.17. The highest BCUT2D eigenvalue weighted by Gasteiger charge is 2.11. The van der Waals surface area contributed by atoms with E-state index in [1.807, 2.05) is 12.1 Å². The number of hydrogen-bond donors (Lipinski definition) is 0. The zero-order chi connectivity index (χ0) is 14.3. The number of ether oxygens (including phenoxy) is 2. The number of carbonyl (C=O) groups is 2. The predicted molar refractivity (Wildman–Crippen MR) is 73.9 cm³/mol. The van der Waals surface area contributed by atoms with Gasteiger partial charge in [0.25, 0.3) is 5.91 Å². The first-order valence-electron chi connectivity index (χ1n) is 5.72. The Labute approximate surface area is 120 Å². The molecule has 1 rings (SSSR count). The fourth-order valence-corrected chi connectivity index (χ4v) is 1.68. The number of methoxy groups -OCH3 is 1. The van der Waals surface area contributed by atoms with Crippen LogP contribution in [0, 0.1) is 0 Å². The van der Waals surface area contributed by atoms with Crippen molar-refractivity contribution in [2.45, 2.75) is 6.42 Å². The Morgan fingerprint density at radius 2 is 2.11 bits per heavy atom. The van der Waals surface area contributed by atoms with E-state index in [1.54, 1.807) is 19.2 Å². The average molecular weight is 330 g/mol. The molecule has 0 aromatic heterocycles. The monoisotopic (exact) mass is 329 g/mol. The standard InChI is InChI=1S/C13H16BrNO4/c1-15(7-6-13(17)18-2)12(16)9-19-11-5-3-4-10(14)8-11/h3-5,8H,6-7,9H2,1-2H3. The number of benzene rings is 1. The van der Waals surface area contributed by atoms with Crippen LogP contribution in [0.15, 0.2) is 28.7 Å². The van der Waals surface area contributed by atoms with Gasteiger partial charge in [0.1, 0.15) is 5.75 Å². The summed E-state index contributed by atoms with van der Waals surface area (Å²) in [4.78, 5) is 24.1. The molecule has 0 aliphatic carbocycles. The minimum atomic E-state index is -0.340. The maximum Gasteiger partial charge on any atom is 0.307 e. The molecule has 19 heavy (non-hydrogen) atoms. The number of nitrogens with zero attached hydrogens (tertiary/aromatic N) is 1. The van der Waals surface area contributed by atoms with Gasteiger partial charge in [0.15, 0.2) is 6.61 Å². The molecule has 0 spiro atoms. The largest absolute Gasteiger partial charge is 0.484 e. The summed E-state index contributed by atoms with van der Waals surface area (Å²) in [5.41, 5.74) is 0. The fourth-order valence-electron chi connectivity index (χ4n) is 1.30. The van der Waals surface area contributed by atoms with Gasteiger partial charge in [0.05, 0.1) is 13.5 Å². The topological polar surface area (TPSA) is 55.8 Å². The van der Waals surface area contributed by atoms with Gasteiger partial charge in [0.2, 0.25) is 0 Å². The Hall–Kier alpha value is -1.56. The SMILES string of the molecule is COC(=O)CCN(C)C(=O)COc1cccc(Br)c1. The van der Waals surface area contributed by atoms with Gasteiger partial charge in [-0.25, -0.2) is 0 Å². The third-order valence-corrected chi connectivity index (χ3v) is 2.96. The van der Waals surface area contributed by atoms with E-state index in [0.29, 0.717) is 12.3 Å². The highest BCUT2D eigenvalue weighted by molar-refractivity contribution is 9.10. The lowest BCUT2D eigenvalue weighted by Crippen LogP contribution is -2.33. The Bertz CT molecular complexity index is 450. The van der Waals surface area contributed by atoms with E-state index < -0.39 is 0 Å². The number of halogens is 1. The van der Waals surface area contributed by atoms with Crippen molar-refractivity contribution >= 4 is 27.8 Å². The minimum absolute atomic E-state index is 0.0614. The summed E-state index contributed by atoms with van der Waals surface area (Å²) in [7, 11) is 2.94. The van der Waals surface area contributed by atoms with E-state index in [4.69, 9.17) is 4.74 Å². The van der Waals surface area contributed by atoms with Crippen LogP contribution in [-0.4, -0.2) is 44.1 Å². The number of carbonyl (C=O) groups excluding carboxylic acids is 2. The molecule has 0 aliphatic heterocycles. The van der Waals surface area contributed by atoms with Gasteiger partial charge in [-0.1, -0.05) is 22.0 Å². The number of likely N-dealkylation sites (N-methyl/N-ethyl adjacent to an activating group) is 1. The molecule has 0 radical (unpaired) electrons. The van der Waals surface area contributed by atoms with Crippen LogP contribution >= 0.6 is 15.9 Å². The zero-order valence-electron chi connectivity index (χ0n) is 10.9. The summed E-state index contributed by atoms with van der Waals surface area (Å²) < 4.78 is 10.8. The van der Waals surface area contributed by atoms with Crippen molar-refractivity contribution in [1.82, 2.24) is 4.90 Å². The first kappa shape index (κ1) is 15.5. The van der Waals surface area contributed by atoms with E-state index in [-0.39, 0.29) is 24.9 Å². The molecular formula is C13H16BrNO4. The van der Waals surface area contributed by atoms with Gasteiger partial charge in [-0.05, 0) is 18.2 Å². The minimum Gasteiger partial charge on any atom is -0.484 e. The van der Waals surface area contributed by atoms with Gasteiger partial charge in [-0.2, -0.15) is 0 Å². The second-order valence-electron chi connectivity index (χ2n) is 3.89. The molecular weight excluding hydrogens is 314 g/mol. The summed E-state index contributed by atoms with van der Waals surface area (Å²) in [6.07, 6.45) is 0.176. The number of rotatable bonds is 6. The molecule has 0 heterocycles. The van der Waals surface area contributed by atoms with Gasteiger partial charge in [-0.15, -0.1) is 0 Å². The highest BCUT2D eigenvalue weighted by atomic mass is 79.9. The van der Waals surface area contributed by atoms with Crippen LogP contribution in [0.5, 0.6) is 5.75 Å². The van der Waals surface area contributed by atoms with Crippen molar-refractivity contribution < 1.29 is 19.1 Å². The maximum atomic E-state index is 11.7. The quantitative estimate of drug-likeness (QED) is 0.747. The Morgan fingerprint density at radius 3 is 2.74 bits per heavy atom. The molecule has 1 aromatic rings. The summed E-state index contributed by atoms with van der Waals surface area (Å²) in [6, 6.07) is 7.25. The maximum absolute atomic E-state index is 11.7. The Balaban J connectivity index is 2.36. The molecule has 0 unspecified atom stereocenters. The molecule has 6 heteroatoms. The first-order chi connectivity index (χ1) is 9.02. The molecule has 1 amide bonds. The number of esters is 1. The smallest absolute Gasteiger partial charge is 0.307 e. The summed E-state index contributed by atoms with van der Waals surface area (Å²) >= 11 is 3.32. The van der Waals surface area contributed by atoms with E-state index in [1.165, 1.54) is 12.0 Å². The van der Waals surface area contributed by atoms with Crippen molar-refractivity contribution in [2.24, 2.45) is 0 Å². The predicted octanol–water partition coefficient (Wildman–Crippen LogP) is 1.85. The van der Waals surface area contributed by atoms with Gasteiger partial charge in [-0.3, -0.25) is 9.59 Å². The van der Waals surface area contributed by atoms with Crippen LogP contribution in [0.4, 0.5) is 0 Å². The van der Waals surface area contributed by atoms with Gasteiger partial charge < -0.3 is 14.4 Å². The Kier molecular flexibility index (Phi) is 6.35. The number of amides is 1. The summed E-state index contributed by atoms with van der Waals surface area (Å²) in [6.45, 7) is 0.251. The zero-order valence-corrected chi connectivity index (χ0v) is 12.5. The average Bonchev–Trinajstić information content (AvgIpc) is 2.41. The third kappa shape index (κ3) is 5.74. The molecule has 0 N–H and O–H groups in total. The second kappa shape index (κ2) is 7.78. The van der Waals surface area contributed by atoms with Gasteiger partial charge >= 0.3 is 5.97 Å². The lowest BCUT2D eigenvalue weighted by atomic mass is 10.3. The van der Waals surface area contributed by atoms with Crippen LogP contribution in [0.2, 0.25) is 0 Å². The van der Waals surface area contributed by atoms with E-state index in [0.717, 1.165) is 4.47 Å². The molecule has 0 saturated carbocycles. The fraction of sp³-hybridized carbons (Fsp3) is 0.385. The van der Waals surface area contributed by atoms with E-state index in [9.17, 15) is 9.59 Å². The lowest BCUT2D eigenvalue weighted by Gasteiger charge is -2.16. The van der Waals surface area contributed by atoms with Crippen LogP contribution in [0.3, 0.4) is 0 Å². The molecule has 0 bridgehead atoms. The van der Waals surface area contributed by atoms with Crippen molar-refractivity contribution in [1.29, 1.82) is 0 Å². The number of hydrogen-bond acceptors (Lipinski definition) is 4. The first-order valence-corrected chi connectivity index (χ1v) is 6.51. The molecule has 104 valence electrons. The second-order valence-corrected chi connectivity index (χ2v) is 4.80. The van der Waals surface area contributed by atoms with Crippen molar-refractivity contribution in [2.75, 3.05) is 27.3 Å². The van der Waals surface area contributed by atoms with Crippen LogP contribution in [-0.2, 0) is 14.3 Å². The van der Waals surface area contributed by atoms with E-state index in [2.05, 4.69) is 20.7 Å². The molecule has 0 aliphatic rings. The van der Waals surface area contributed by atoms with Crippen molar-refractivity contribution in [3.8, 4) is 5.75 Å². The Morgan fingerprint density at radius 1 is 1.37 bits per heavy atom. The van der Waals surface area contributed by atoms with Crippen LogP contribution < -0.4 is 4.74 Å². The lowest BCUT2D eigenvalue weighted by molar-refractivity contribution is -0.141. The van der Waals surface area contributed by atoms with Crippen molar-refractivity contribution in [3.63, 3.8) is 0 Å². The van der Waals surface area contributed by atoms with Gasteiger partial charge in [0, 0.05) is 18.1 Å². The third-order valence-electron chi connectivity index (χ3n) is 2.46. The normalized spacial score (nSPS) is 9.84.